The third-order valence-electron chi connectivity index (χ3n) is 4.58. The monoisotopic (exact) mass is 394 g/mol. The van der Waals surface area contributed by atoms with Crippen molar-refractivity contribution >= 4 is 11.6 Å². The number of nitro benzene ring substituents is 1. The number of aromatic nitrogens is 2. The van der Waals surface area contributed by atoms with Gasteiger partial charge in [-0.05, 0) is 37.6 Å². The average Bonchev–Trinajstić information content (AvgIpc) is 3.19. The van der Waals surface area contributed by atoms with Gasteiger partial charge in [0.1, 0.15) is 11.4 Å². The fourth-order valence-electron chi connectivity index (χ4n) is 2.80. The molecule has 0 aliphatic rings. The summed E-state index contributed by atoms with van der Waals surface area (Å²) in [4.78, 5) is 23.6. The average molecular weight is 394 g/mol. The van der Waals surface area contributed by atoms with E-state index in [2.05, 4.69) is 10.4 Å². The Morgan fingerprint density at radius 2 is 2.00 bits per heavy atom. The number of nitrogens with zero attached hydrogens (tertiary/aromatic N) is 3. The highest BCUT2D eigenvalue weighted by Gasteiger charge is 2.20. The summed E-state index contributed by atoms with van der Waals surface area (Å²) in [5.74, 6) is 0.366. The normalized spacial score (nSPS) is 11.7. The van der Waals surface area contributed by atoms with E-state index < -0.39 is 4.92 Å². The molecular weight excluding hydrogens is 372 g/mol. The molecule has 0 aliphatic carbocycles. The molecule has 0 fully saturated rings. The van der Waals surface area contributed by atoms with Gasteiger partial charge in [-0.15, -0.1) is 0 Å². The molecule has 1 N–H and O–H groups in total. The van der Waals surface area contributed by atoms with Crippen molar-refractivity contribution in [2.45, 2.75) is 26.3 Å². The Bertz CT molecular complexity index is 1040. The zero-order valence-corrected chi connectivity index (χ0v) is 16.5. The Labute approximate surface area is 168 Å². The number of carbonyl (C=O) groups excluding carboxylic acids is 1. The maximum absolute atomic E-state index is 12.9. The van der Waals surface area contributed by atoms with E-state index in [1.54, 1.807) is 25.3 Å². The van der Waals surface area contributed by atoms with Gasteiger partial charge in [0.05, 0.1) is 23.4 Å². The quantitative estimate of drug-likeness (QED) is 0.483. The van der Waals surface area contributed by atoms with Crippen LogP contribution >= 0.6 is 0 Å². The maximum Gasteiger partial charge on any atom is 0.271 e. The lowest BCUT2D eigenvalue weighted by Gasteiger charge is -2.12. The minimum Gasteiger partial charge on any atom is -0.497 e. The van der Waals surface area contributed by atoms with Crippen molar-refractivity contribution in [3.05, 3.63) is 70.4 Å². The van der Waals surface area contributed by atoms with E-state index in [4.69, 9.17) is 4.74 Å². The summed E-state index contributed by atoms with van der Waals surface area (Å²) in [7, 11) is 1.58. The molecule has 3 aromatic rings. The maximum atomic E-state index is 12.9. The highest BCUT2D eigenvalue weighted by molar-refractivity contribution is 5.94. The Morgan fingerprint density at radius 3 is 2.69 bits per heavy atom. The number of hydrogen-bond acceptors (Lipinski definition) is 5. The first-order valence-electron chi connectivity index (χ1n) is 9.23. The van der Waals surface area contributed by atoms with Crippen molar-refractivity contribution in [1.82, 2.24) is 15.1 Å². The fourth-order valence-corrected chi connectivity index (χ4v) is 2.80. The van der Waals surface area contributed by atoms with Crippen LogP contribution in [0.25, 0.3) is 16.9 Å². The molecular formula is C21H22N4O4. The van der Waals surface area contributed by atoms with E-state index in [9.17, 15) is 14.9 Å². The molecule has 1 amide bonds. The van der Waals surface area contributed by atoms with Crippen molar-refractivity contribution in [3.8, 4) is 22.7 Å². The van der Waals surface area contributed by atoms with Gasteiger partial charge < -0.3 is 10.1 Å². The van der Waals surface area contributed by atoms with E-state index in [-0.39, 0.29) is 17.6 Å². The van der Waals surface area contributed by atoms with E-state index in [1.165, 1.54) is 16.8 Å². The molecule has 8 nitrogen and oxygen atoms in total. The van der Waals surface area contributed by atoms with Crippen molar-refractivity contribution in [3.63, 3.8) is 0 Å². The van der Waals surface area contributed by atoms with Crippen LogP contribution in [0.5, 0.6) is 5.75 Å². The molecule has 0 radical (unpaired) electrons. The summed E-state index contributed by atoms with van der Waals surface area (Å²) >= 11 is 0. The first kappa shape index (κ1) is 20.1. The van der Waals surface area contributed by atoms with Crippen LogP contribution in [0.2, 0.25) is 0 Å². The number of methoxy groups -OCH3 is 1. The fraction of sp³-hybridized carbons (Fsp3) is 0.238. The largest absolute Gasteiger partial charge is 0.497 e. The number of rotatable bonds is 7. The van der Waals surface area contributed by atoms with Crippen LogP contribution < -0.4 is 10.1 Å². The number of ether oxygens (including phenoxy) is 1. The second-order valence-electron chi connectivity index (χ2n) is 6.62. The molecule has 0 bridgehead atoms. The molecule has 0 spiro atoms. The smallest absolute Gasteiger partial charge is 0.271 e. The van der Waals surface area contributed by atoms with Crippen LogP contribution in [0.4, 0.5) is 5.69 Å². The predicted octanol–water partition coefficient (Wildman–Crippen LogP) is 3.98. The number of hydrogen-bond donors (Lipinski definition) is 1. The predicted molar refractivity (Wildman–Crippen MR) is 109 cm³/mol. The number of nitrogens with one attached hydrogen (secondary N) is 1. The van der Waals surface area contributed by atoms with Gasteiger partial charge in [0.25, 0.3) is 11.6 Å². The van der Waals surface area contributed by atoms with E-state index >= 15 is 0 Å². The number of nitro groups is 1. The van der Waals surface area contributed by atoms with Crippen molar-refractivity contribution in [1.29, 1.82) is 0 Å². The van der Waals surface area contributed by atoms with Gasteiger partial charge in [-0.3, -0.25) is 14.9 Å². The Kier molecular flexibility index (Phi) is 5.92. The molecule has 0 saturated heterocycles. The highest BCUT2D eigenvalue weighted by Crippen LogP contribution is 2.26. The molecule has 1 aromatic heterocycles. The molecule has 0 unspecified atom stereocenters. The Morgan fingerprint density at radius 1 is 1.24 bits per heavy atom. The number of benzene rings is 2. The molecule has 3 rings (SSSR count). The van der Waals surface area contributed by atoms with Gasteiger partial charge in [-0.2, -0.15) is 5.10 Å². The van der Waals surface area contributed by atoms with Crippen LogP contribution in [0.3, 0.4) is 0 Å². The van der Waals surface area contributed by atoms with Gasteiger partial charge in [-0.1, -0.05) is 25.1 Å². The van der Waals surface area contributed by atoms with E-state index in [0.717, 1.165) is 12.0 Å². The molecule has 1 heterocycles. The van der Waals surface area contributed by atoms with Crippen molar-refractivity contribution in [2.75, 3.05) is 7.11 Å². The lowest BCUT2D eigenvalue weighted by atomic mass is 10.1. The van der Waals surface area contributed by atoms with Crippen molar-refractivity contribution < 1.29 is 14.5 Å². The SMILES string of the molecule is CC[C@@H](C)NC(=O)c1cc(-c2cccc(OC)c2)nn1-c1cccc([N+](=O)[O-])c1. The zero-order valence-electron chi connectivity index (χ0n) is 16.5. The number of amides is 1. The van der Waals surface area contributed by atoms with Gasteiger partial charge in [-0.25, -0.2) is 4.68 Å². The third kappa shape index (κ3) is 4.43. The zero-order chi connectivity index (χ0) is 21.0. The third-order valence-corrected chi connectivity index (χ3v) is 4.58. The minimum absolute atomic E-state index is 0.0174. The lowest BCUT2D eigenvalue weighted by molar-refractivity contribution is -0.384. The molecule has 0 aliphatic heterocycles. The summed E-state index contributed by atoms with van der Waals surface area (Å²) in [5, 5.41) is 18.6. The highest BCUT2D eigenvalue weighted by atomic mass is 16.6. The first-order valence-corrected chi connectivity index (χ1v) is 9.23. The van der Waals surface area contributed by atoms with Gasteiger partial charge >= 0.3 is 0 Å². The molecule has 150 valence electrons. The van der Waals surface area contributed by atoms with Crippen molar-refractivity contribution in [2.24, 2.45) is 0 Å². The summed E-state index contributed by atoms with van der Waals surface area (Å²) < 4.78 is 6.70. The molecule has 8 heteroatoms. The second kappa shape index (κ2) is 8.55. The summed E-state index contributed by atoms with van der Waals surface area (Å²) in [6.45, 7) is 3.89. The standard InChI is InChI=1S/C21H22N4O4/c1-4-14(2)22-21(26)20-13-19(15-7-5-10-18(11-15)29-3)23-24(20)16-8-6-9-17(12-16)25(27)28/h5-14H,4H2,1-3H3,(H,22,26)/t14-/m1/s1. The Hall–Kier alpha value is -3.68. The topological polar surface area (TPSA) is 99.3 Å². The second-order valence-corrected chi connectivity index (χ2v) is 6.62. The van der Waals surface area contributed by atoms with Crippen LogP contribution in [-0.4, -0.2) is 33.8 Å². The first-order chi connectivity index (χ1) is 13.9. The van der Waals surface area contributed by atoms with Crippen LogP contribution in [0.1, 0.15) is 30.8 Å². The summed E-state index contributed by atoms with van der Waals surface area (Å²) in [6, 6.07) is 15.0. The number of carbonyl (C=O) groups is 1. The number of non-ortho nitro benzene ring substituents is 1. The summed E-state index contributed by atoms with van der Waals surface area (Å²) in [5.41, 5.74) is 1.98. The van der Waals surface area contributed by atoms with Crippen LogP contribution in [0, 0.1) is 10.1 Å². The Balaban J connectivity index is 2.12. The molecule has 0 saturated carbocycles. The van der Waals surface area contributed by atoms with E-state index in [1.807, 2.05) is 38.1 Å². The molecule has 2 aromatic carbocycles. The van der Waals surface area contributed by atoms with Gasteiger partial charge in [0.2, 0.25) is 0 Å². The van der Waals surface area contributed by atoms with Gasteiger partial charge in [0.15, 0.2) is 0 Å². The van der Waals surface area contributed by atoms with E-state index in [0.29, 0.717) is 22.8 Å². The summed E-state index contributed by atoms with van der Waals surface area (Å²) in [6.07, 6.45) is 0.777. The van der Waals surface area contributed by atoms with Gasteiger partial charge in [0, 0.05) is 23.7 Å². The minimum atomic E-state index is -0.477. The molecule has 29 heavy (non-hydrogen) atoms. The van der Waals surface area contributed by atoms with Crippen LogP contribution in [0.15, 0.2) is 54.6 Å². The van der Waals surface area contributed by atoms with Crippen LogP contribution in [-0.2, 0) is 0 Å². The molecule has 1 atom stereocenters. The lowest BCUT2D eigenvalue weighted by Crippen LogP contribution is -2.33.